The summed E-state index contributed by atoms with van der Waals surface area (Å²) in [7, 11) is 1.57. The summed E-state index contributed by atoms with van der Waals surface area (Å²) in [5, 5.41) is 12.3. The smallest absolute Gasteiger partial charge is 0.287 e. The predicted molar refractivity (Wildman–Crippen MR) is 111 cm³/mol. The molecule has 2 aromatic heterocycles. The molecule has 0 spiro atoms. The lowest BCUT2D eigenvalue weighted by Gasteiger charge is -2.32. The van der Waals surface area contributed by atoms with Crippen LogP contribution in [0.25, 0.3) is 11.4 Å². The molecule has 0 amide bonds. The molecule has 0 aliphatic carbocycles. The fraction of sp³-hybridized carbons (Fsp3) is 0.368. The fourth-order valence-electron chi connectivity index (χ4n) is 3.37. The lowest BCUT2D eigenvalue weighted by Crippen LogP contribution is -2.42. The number of nitrogens with one attached hydrogen (secondary N) is 1. The predicted octanol–water partition coefficient (Wildman–Crippen LogP) is 3.21. The number of anilines is 1. The number of rotatable bonds is 5. The Morgan fingerprint density at radius 1 is 1.28 bits per heavy atom. The van der Waals surface area contributed by atoms with Crippen molar-refractivity contribution in [2.24, 2.45) is 7.05 Å². The van der Waals surface area contributed by atoms with Crippen LogP contribution in [0, 0.1) is 0 Å². The highest BCUT2D eigenvalue weighted by atomic mass is 35.5. The number of piperidine rings is 1. The Morgan fingerprint density at radius 2 is 2.07 bits per heavy atom. The van der Waals surface area contributed by atoms with Gasteiger partial charge in [-0.25, -0.2) is 4.68 Å². The van der Waals surface area contributed by atoms with E-state index in [1.807, 2.05) is 12.1 Å². The molecular weight excluding hydrogens is 415 g/mol. The summed E-state index contributed by atoms with van der Waals surface area (Å²) < 4.78 is 6.64. The van der Waals surface area contributed by atoms with Crippen LogP contribution in [0.3, 0.4) is 0 Å². The number of aryl methyl sites for hydroxylation is 1. The van der Waals surface area contributed by atoms with Gasteiger partial charge in [0.15, 0.2) is 0 Å². The molecule has 3 heterocycles. The third-order valence-corrected chi connectivity index (χ3v) is 5.49. The molecule has 1 N–H and O–H groups in total. The topological polar surface area (TPSA) is 89.1 Å². The van der Waals surface area contributed by atoms with Crippen molar-refractivity contribution in [1.82, 2.24) is 24.8 Å². The highest BCUT2D eigenvalue weighted by Crippen LogP contribution is 2.22. The van der Waals surface area contributed by atoms with Gasteiger partial charge in [-0.2, -0.15) is 10.1 Å². The van der Waals surface area contributed by atoms with Crippen LogP contribution >= 0.6 is 23.2 Å². The molecule has 1 aromatic carbocycles. The maximum atomic E-state index is 12.0. The van der Waals surface area contributed by atoms with Crippen molar-refractivity contribution in [1.29, 1.82) is 0 Å². The summed E-state index contributed by atoms with van der Waals surface area (Å²) >= 11 is 12.1. The van der Waals surface area contributed by atoms with Gasteiger partial charge >= 0.3 is 0 Å². The van der Waals surface area contributed by atoms with Gasteiger partial charge in [0.1, 0.15) is 5.02 Å². The average molecular weight is 435 g/mol. The second-order valence-electron chi connectivity index (χ2n) is 7.04. The molecule has 1 aliphatic heterocycles. The van der Waals surface area contributed by atoms with Crippen LogP contribution in [-0.4, -0.2) is 44.0 Å². The zero-order valence-corrected chi connectivity index (χ0v) is 17.3. The zero-order valence-electron chi connectivity index (χ0n) is 15.8. The summed E-state index contributed by atoms with van der Waals surface area (Å²) in [6.07, 6.45) is 3.56. The SMILES string of the molecule is Cn1ncc(NC2CCCN(Cc3nc(-c4ccc(Cl)cc4)no3)C2)c(Cl)c1=O. The lowest BCUT2D eigenvalue weighted by atomic mass is 10.1. The molecule has 10 heteroatoms. The number of benzene rings is 1. The molecule has 1 atom stereocenters. The second kappa shape index (κ2) is 8.52. The molecule has 0 saturated carbocycles. The molecule has 3 aromatic rings. The van der Waals surface area contributed by atoms with E-state index >= 15 is 0 Å². The van der Waals surface area contributed by atoms with Crippen LogP contribution in [0.5, 0.6) is 0 Å². The van der Waals surface area contributed by atoms with E-state index in [0.29, 0.717) is 29.0 Å². The minimum Gasteiger partial charge on any atom is -0.378 e. The van der Waals surface area contributed by atoms with Crippen LogP contribution in [0.1, 0.15) is 18.7 Å². The van der Waals surface area contributed by atoms with Crippen LogP contribution in [0.15, 0.2) is 39.8 Å². The molecule has 0 bridgehead atoms. The maximum Gasteiger partial charge on any atom is 0.287 e. The van der Waals surface area contributed by atoms with E-state index in [0.717, 1.165) is 31.5 Å². The van der Waals surface area contributed by atoms with Gasteiger partial charge in [0.2, 0.25) is 11.7 Å². The van der Waals surface area contributed by atoms with Crippen LogP contribution in [0.4, 0.5) is 5.69 Å². The van der Waals surface area contributed by atoms with Gasteiger partial charge in [0.05, 0.1) is 18.4 Å². The van der Waals surface area contributed by atoms with Crippen LogP contribution < -0.4 is 10.9 Å². The van der Waals surface area contributed by atoms with Gasteiger partial charge in [0.25, 0.3) is 5.56 Å². The monoisotopic (exact) mass is 434 g/mol. The largest absolute Gasteiger partial charge is 0.378 e. The summed E-state index contributed by atoms with van der Waals surface area (Å²) in [5.41, 5.74) is 1.10. The maximum absolute atomic E-state index is 12.0. The van der Waals surface area contributed by atoms with E-state index in [1.165, 1.54) is 4.68 Å². The first-order valence-corrected chi connectivity index (χ1v) is 10.0. The molecule has 8 nitrogen and oxygen atoms in total. The number of hydrogen-bond acceptors (Lipinski definition) is 7. The van der Waals surface area contributed by atoms with Crippen molar-refractivity contribution in [3.05, 3.63) is 56.8 Å². The molecular formula is C19H20Cl2N6O2. The lowest BCUT2D eigenvalue weighted by molar-refractivity contribution is 0.184. The zero-order chi connectivity index (χ0) is 20.4. The molecule has 4 rings (SSSR count). The standard InChI is InChI=1S/C19H20Cl2N6O2/c1-26-19(28)17(21)15(9-22-26)23-14-3-2-8-27(10-14)11-16-24-18(25-29-16)12-4-6-13(20)7-5-12/h4-7,9,14,23H,2-3,8,10-11H2,1H3. The molecule has 1 saturated heterocycles. The third-order valence-electron chi connectivity index (χ3n) is 4.87. The van der Waals surface area contributed by atoms with Crippen molar-refractivity contribution >= 4 is 28.9 Å². The average Bonchev–Trinajstić information content (AvgIpc) is 3.18. The van der Waals surface area contributed by atoms with E-state index in [1.54, 1.807) is 25.4 Å². The number of halogens is 2. The number of hydrogen-bond donors (Lipinski definition) is 1. The molecule has 1 aliphatic rings. The van der Waals surface area contributed by atoms with Gasteiger partial charge in [0, 0.05) is 30.2 Å². The van der Waals surface area contributed by atoms with Crippen LogP contribution in [0.2, 0.25) is 10.0 Å². The molecule has 0 radical (unpaired) electrons. The summed E-state index contributed by atoms with van der Waals surface area (Å²) in [6.45, 7) is 2.25. The Bertz CT molecular complexity index is 1050. The third kappa shape index (κ3) is 4.60. The Balaban J connectivity index is 1.40. The van der Waals surface area contributed by atoms with E-state index in [2.05, 4.69) is 25.5 Å². The van der Waals surface area contributed by atoms with Gasteiger partial charge in [-0.1, -0.05) is 28.4 Å². The first-order chi connectivity index (χ1) is 14.0. The van der Waals surface area contributed by atoms with Crippen molar-refractivity contribution < 1.29 is 4.52 Å². The normalized spacial score (nSPS) is 17.4. The minimum absolute atomic E-state index is 0.147. The Labute approximate surface area is 177 Å². The Kier molecular flexibility index (Phi) is 5.84. The highest BCUT2D eigenvalue weighted by Gasteiger charge is 2.23. The summed E-state index contributed by atoms with van der Waals surface area (Å²) in [6, 6.07) is 7.46. The number of likely N-dealkylation sites (tertiary alicyclic amines) is 1. The van der Waals surface area contributed by atoms with E-state index in [9.17, 15) is 4.79 Å². The van der Waals surface area contributed by atoms with Crippen molar-refractivity contribution in [2.45, 2.75) is 25.4 Å². The van der Waals surface area contributed by atoms with E-state index in [-0.39, 0.29) is 16.6 Å². The summed E-state index contributed by atoms with van der Waals surface area (Å²) in [4.78, 5) is 18.7. The van der Waals surface area contributed by atoms with Crippen molar-refractivity contribution in [3.8, 4) is 11.4 Å². The molecule has 29 heavy (non-hydrogen) atoms. The second-order valence-corrected chi connectivity index (χ2v) is 7.85. The van der Waals surface area contributed by atoms with Gasteiger partial charge < -0.3 is 9.84 Å². The molecule has 152 valence electrons. The highest BCUT2D eigenvalue weighted by molar-refractivity contribution is 6.33. The van der Waals surface area contributed by atoms with Gasteiger partial charge in [-0.05, 0) is 43.7 Å². The quantitative estimate of drug-likeness (QED) is 0.658. The van der Waals surface area contributed by atoms with Crippen LogP contribution in [-0.2, 0) is 13.6 Å². The Hall–Kier alpha value is -2.42. The number of aromatic nitrogens is 4. The van der Waals surface area contributed by atoms with Crippen molar-refractivity contribution in [2.75, 3.05) is 18.4 Å². The van der Waals surface area contributed by atoms with Crippen molar-refractivity contribution in [3.63, 3.8) is 0 Å². The number of nitrogens with zero attached hydrogens (tertiary/aromatic N) is 5. The first-order valence-electron chi connectivity index (χ1n) is 9.29. The first kappa shape index (κ1) is 19.9. The van der Waals surface area contributed by atoms with Gasteiger partial charge in [-0.3, -0.25) is 9.69 Å². The van der Waals surface area contributed by atoms with E-state index in [4.69, 9.17) is 27.7 Å². The van der Waals surface area contributed by atoms with Gasteiger partial charge in [-0.15, -0.1) is 0 Å². The summed E-state index contributed by atoms with van der Waals surface area (Å²) in [5.74, 6) is 1.10. The molecule has 1 unspecified atom stereocenters. The minimum atomic E-state index is -0.315. The fourth-order valence-corrected chi connectivity index (χ4v) is 3.73. The molecule has 1 fully saturated rings. The van der Waals surface area contributed by atoms with E-state index < -0.39 is 0 Å². The Morgan fingerprint density at radius 3 is 2.86 bits per heavy atom.